The van der Waals surface area contributed by atoms with E-state index in [1.165, 1.54) is 23.7 Å². The number of aromatic nitrogens is 4. The summed E-state index contributed by atoms with van der Waals surface area (Å²) in [4.78, 5) is 13.9. The molecule has 0 amide bonds. The summed E-state index contributed by atoms with van der Waals surface area (Å²) in [7, 11) is -3.44. The van der Waals surface area contributed by atoms with Gasteiger partial charge in [0.1, 0.15) is 12.1 Å². The molecular weight excluding hydrogens is 551 g/mol. The largest absolute Gasteiger partial charge is 0.493 e. The van der Waals surface area contributed by atoms with Gasteiger partial charge in [-0.3, -0.25) is 0 Å². The molecule has 0 spiro atoms. The summed E-state index contributed by atoms with van der Waals surface area (Å²) >= 11 is 3.73. The zero-order chi connectivity index (χ0) is 22.2. The number of aryl methyl sites for hydroxylation is 1. The van der Waals surface area contributed by atoms with E-state index < -0.39 is 10.0 Å². The van der Waals surface area contributed by atoms with Gasteiger partial charge in [0.05, 0.1) is 12.4 Å². The number of imidazole rings is 1. The number of nitrogen functional groups attached to an aromatic ring is 1. The number of anilines is 1. The first kappa shape index (κ1) is 22.6. The van der Waals surface area contributed by atoms with Crippen LogP contribution in [0.15, 0.2) is 28.5 Å². The van der Waals surface area contributed by atoms with Crippen molar-refractivity contribution in [3.63, 3.8) is 0 Å². The molecule has 12 heteroatoms. The first-order valence-electron chi connectivity index (χ1n) is 9.80. The lowest BCUT2D eigenvalue weighted by Crippen LogP contribution is -2.31. The van der Waals surface area contributed by atoms with Crippen molar-refractivity contribution in [2.24, 2.45) is 5.92 Å². The van der Waals surface area contributed by atoms with Crippen LogP contribution in [0.25, 0.3) is 11.2 Å². The van der Waals surface area contributed by atoms with Gasteiger partial charge in [-0.05, 0) is 46.2 Å². The molecule has 1 aliphatic rings. The fourth-order valence-electron chi connectivity index (χ4n) is 3.14. The van der Waals surface area contributed by atoms with Crippen LogP contribution in [0.1, 0.15) is 19.4 Å². The predicted octanol–water partition coefficient (Wildman–Crippen LogP) is 2.67. The van der Waals surface area contributed by atoms with E-state index in [-0.39, 0.29) is 24.0 Å². The van der Waals surface area contributed by atoms with E-state index in [9.17, 15) is 8.42 Å². The van der Waals surface area contributed by atoms with Crippen molar-refractivity contribution in [2.45, 2.75) is 36.9 Å². The average molecular weight is 574 g/mol. The minimum atomic E-state index is -3.44. The Balaban J connectivity index is 1.67. The maximum absolute atomic E-state index is 12.5. The summed E-state index contributed by atoms with van der Waals surface area (Å²) in [6, 6.07) is 4.13. The molecule has 0 bridgehead atoms. The van der Waals surface area contributed by atoms with Gasteiger partial charge in [-0.1, -0.05) is 25.6 Å². The van der Waals surface area contributed by atoms with Crippen LogP contribution in [0.4, 0.5) is 5.82 Å². The van der Waals surface area contributed by atoms with Crippen molar-refractivity contribution < 1.29 is 13.2 Å². The number of ether oxygens (including phenoxy) is 1. The van der Waals surface area contributed by atoms with Gasteiger partial charge in [0, 0.05) is 28.0 Å². The Morgan fingerprint density at radius 1 is 1.35 bits per heavy atom. The van der Waals surface area contributed by atoms with Crippen molar-refractivity contribution in [1.29, 1.82) is 0 Å². The summed E-state index contributed by atoms with van der Waals surface area (Å²) < 4.78 is 36.1. The highest BCUT2D eigenvalue weighted by molar-refractivity contribution is 14.1. The Kier molecular flexibility index (Phi) is 6.60. The molecule has 0 atom stereocenters. The summed E-state index contributed by atoms with van der Waals surface area (Å²) in [5.74, 6) is 1.28. The molecule has 0 unspecified atom stereocenters. The minimum absolute atomic E-state index is 0.0902. The van der Waals surface area contributed by atoms with Gasteiger partial charge in [0.2, 0.25) is 10.0 Å². The summed E-state index contributed by atoms with van der Waals surface area (Å²) in [6.07, 6.45) is 2.27. The second-order valence-corrected chi connectivity index (χ2v) is 11.7. The molecule has 1 aliphatic heterocycles. The zero-order valence-electron chi connectivity index (χ0n) is 17.1. The second kappa shape index (κ2) is 9.08. The molecule has 3 aromatic rings. The van der Waals surface area contributed by atoms with Gasteiger partial charge in [-0.2, -0.15) is 0 Å². The summed E-state index contributed by atoms with van der Waals surface area (Å²) in [6.45, 7) is 5.20. The maximum Gasteiger partial charge on any atom is 0.213 e. The Morgan fingerprint density at radius 3 is 2.94 bits per heavy atom. The van der Waals surface area contributed by atoms with E-state index in [1.54, 1.807) is 4.57 Å². The number of nitrogens with one attached hydrogen (secondary N) is 1. The normalized spacial score (nSPS) is 13.7. The van der Waals surface area contributed by atoms with Gasteiger partial charge < -0.3 is 15.0 Å². The lowest BCUT2D eigenvalue weighted by molar-refractivity contribution is 0.356. The molecule has 0 radical (unpaired) electrons. The van der Waals surface area contributed by atoms with Crippen LogP contribution in [0.3, 0.4) is 0 Å². The van der Waals surface area contributed by atoms with E-state index >= 15 is 0 Å². The Hall–Kier alpha value is -1.64. The lowest BCUT2D eigenvalue weighted by Gasteiger charge is -2.12. The molecular formula is C19H23IN6O3S2. The van der Waals surface area contributed by atoms with Gasteiger partial charge in [0.25, 0.3) is 0 Å². The number of nitrogens with zero attached hydrogens (tertiary/aromatic N) is 4. The molecule has 166 valence electrons. The summed E-state index contributed by atoms with van der Waals surface area (Å²) in [5, 5.41) is 0.608. The minimum Gasteiger partial charge on any atom is -0.493 e. The number of hydrogen-bond donors (Lipinski definition) is 2. The third-order valence-corrected chi connectivity index (χ3v) is 8.40. The van der Waals surface area contributed by atoms with E-state index in [2.05, 4.69) is 48.3 Å². The Bertz CT molecular complexity index is 1230. The number of benzene rings is 1. The SMILES string of the molecule is CC(C)CNS(=O)(=O)CCn1c(Sc2cc3c(cc2I)CCO3)nc2c(N)ncnc21. The van der Waals surface area contributed by atoms with Crippen molar-refractivity contribution in [3.8, 4) is 5.75 Å². The molecule has 3 heterocycles. The van der Waals surface area contributed by atoms with Crippen LogP contribution in [-0.4, -0.2) is 46.8 Å². The van der Waals surface area contributed by atoms with Gasteiger partial charge in [-0.25, -0.2) is 28.1 Å². The molecule has 2 aromatic heterocycles. The Labute approximate surface area is 198 Å². The van der Waals surface area contributed by atoms with Crippen LogP contribution in [0.2, 0.25) is 0 Å². The quantitative estimate of drug-likeness (QED) is 0.394. The highest BCUT2D eigenvalue weighted by Gasteiger charge is 2.21. The number of halogens is 1. The molecule has 9 nitrogen and oxygen atoms in total. The topological polar surface area (TPSA) is 125 Å². The van der Waals surface area contributed by atoms with Crippen LogP contribution >= 0.6 is 34.4 Å². The van der Waals surface area contributed by atoms with E-state index in [1.807, 2.05) is 19.9 Å². The molecule has 1 aromatic carbocycles. The predicted molar refractivity (Wildman–Crippen MR) is 129 cm³/mol. The molecule has 0 aliphatic carbocycles. The highest BCUT2D eigenvalue weighted by Crippen LogP contribution is 2.38. The average Bonchev–Trinajstić information content (AvgIpc) is 3.30. The van der Waals surface area contributed by atoms with Gasteiger partial charge in [-0.15, -0.1) is 0 Å². The standard InChI is InChI=1S/C19H23IN6O3S2/c1-11(2)9-24-31(27,28)6-4-26-18-16(17(21)22-10-23-18)25-19(26)30-15-8-14-12(3-5-29-14)7-13(15)20/h7-8,10-11,24H,3-6,9H2,1-2H3,(H2,21,22,23). The van der Waals surface area contributed by atoms with Crippen LogP contribution in [-0.2, 0) is 23.0 Å². The smallest absolute Gasteiger partial charge is 0.213 e. The monoisotopic (exact) mass is 574 g/mol. The second-order valence-electron chi connectivity index (χ2n) is 7.63. The van der Waals surface area contributed by atoms with Crippen LogP contribution in [0.5, 0.6) is 5.75 Å². The number of nitrogens with two attached hydrogens (primary N) is 1. The van der Waals surface area contributed by atoms with Crippen molar-refractivity contribution >= 4 is 61.4 Å². The molecule has 4 rings (SSSR count). The molecule has 0 saturated carbocycles. The van der Waals surface area contributed by atoms with Gasteiger partial charge >= 0.3 is 0 Å². The van der Waals surface area contributed by atoms with Crippen LogP contribution in [0, 0.1) is 9.49 Å². The van der Waals surface area contributed by atoms with Crippen molar-refractivity contribution in [3.05, 3.63) is 27.6 Å². The fraction of sp³-hybridized carbons (Fsp3) is 0.421. The molecule has 3 N–H and O–H groups in total. The number of rotatable bonds is 8. The third-order valence-electron chi connectivity index (χ3n) is 4.77. The number of sulfonamides is 1. The van der Waals surface area contributed by atoms with E-state index in [4.69, 9.17) is 10.5 Å². The van der Waals surface area contributed by atoms with Crippen molar-refractivity contribution in [1.82, 2.24) is 24.2 Å². The maximum atomic E-state index is 12.5. The third kappa shape index (κ3) is 5.07. The summed E-state index contributed by atoms with van der Waals surface area (Å²) in [5.41, 5.74) is 8.18. The molecule has 0 fully saturated rings. The Morgan fingerprint density at radius 2 is 2.16 bits per heavy atom. The van der Waals surface area contributed by atoms with Crippen LogP contribution < -0.4 is 15.2 Å². The number of hydrogen-bond acceptors (Lipinski definition) is 8. The van der Waals surface area contributed by atoms with E-state index in [0.29, 0.717) is 29.5 Å². The number of fused-ring (bicyclic) bond motifs is 2. The first-order valence-corrected chi connectivity index (χ1v) is 13.4. The van der Waals surface area contributed by atoms with Gasteiger partial charge in [0.15, 0.2) is 22.1 Å². The van der Waals surface area contributed by atoms with E-state index in [0.717, 1.165) is 20.6 Å². The van der Waals surface area contributed by atoms with Crippen molar-refractivity contribution in [2.75, 3.05) is 24.6 Å². The fourth-order valence-corrected chi connectivity index (χ4v) is 6.10. The highest BCUT2D eigenvalue weighted by atomic mass is 127. The molecule has 31 heavy (non-hydrogen) atoms. The molecule has 0 saturated heterocycles. The lowest BCUT2D eigenvalue weighted by atomic mass is 10.2. The first-order chi connectivity index (χ1) is 14.7. The zero-order valence-corrected chi connectivity index (χ0v) is 20.9.